The van der Waals surface area contributed by atoms with Gasteiger partial charge in [-0.05, 0) is 44.4 Å². The molecular formula is C22H28ClN3O3. The van der Waals surface area contributed by atoms with Crippen molar-refractivity contribution in [3.63, 3.8) is 0 Å². The van der Waals surface area contributed by atoms with Crippen molar-refractivity contribution >= 4 is 34.3 Å². The molecule has 1 aromatic carbocycles. The highest BCUT2D eigenvalue weighted by atomic mass is 35.5. The molecule has 2 fully saturated rings. The van der Waals surface area contributed by atoms with E-state index >= 15 is 0 Å². The topological polar surface area (TPSA) is 65.6 Å². The Bertz CT molecular complexity index is 894. The standard InChI is InChI=1S/C22H28ClN3O3/c1-14-12-26(13-15(2)29-14)22(28)16-5-7-25(8-6-16)21(27)9-17-11-24-20-10-18(23)3-4-19(17)20/h3-4,10-11,14-16,24H,5-9,12-13H2,1-2H3. The number of H-pyrrole nitrogens is 1. The van der Waals surface area contributed by atoms with Crippen LogP contribution >= 0.6 is 11.6 Å². The van der Waals surface area contributed by atoms with Crippen LogP contribution in [0.3, 0.4) is 0 Å². The molecule has 3 heterocycles. The fraction of sp³-hybridized carbons (Fsp3) is 0.545. The summed E-state index contributed by atoms with van der Waals surface area (Å²) in [7, 11) is 0. The van der Waals surface area contributed by atoms with E-state index in [2.05, 4.69) is 4.98 Å². The van der Waals surface area contributed by atoms with E-state index < -0.39 is 0 Å². The third-order valence-electron chi connectivity index (χ3n) is 6.00. The van der Waals surface area contributed by atoms with E-state index in [4.69, 9.17) is 16.3 Å². The first kappa shape index (κ1) is 20.2. The second-order valence-electron chi connectivity index (χ2n) is 8.34. The molecule has 2 aromatic rings. The number of ether oxygens (including phenoxy) is 1. The number of carbonyl (C=O) groups excluding carboxylic acids is 2. The molecule has 6 nitrogen and oxygen atoms in total. The van der Waals surface area contributed by atoms with Crippen molar-refractivity contribution in [1.82, 2.24) is 14.8 Å². The molecule has 2 unspecified atom stereocenters. The van der Waals surface area contributed by atoms with Crippen molar-refractivity contribution in [2.24, 2.45) is 5.92 Å². The first-order valence-corrected chi connectivity index (χ1v) is 10.8. The van der Waals surface area contributed by atoms with Gasteiger partial charge in [-0.2, -0.15) is 0 Å². The number of rotatable bonds is 3. The Hall–Kier alpha value is -2.05. The molecule has 0 bridgehead atoms. The number of piperidine rings is 1. The van der Waals surface area contributed by atoms with Crippen LogP contribution in [-0.2, 0) is 20.7 Å². The maximum Gasteiger partial charge on any atom is 0.227 e. The highest BCUT2D eigenvalue weighted by Gasteiger charge is 2.33. The zero-order chi connectivity index (χ0) is 20.5. The Morgan fingerprint density at radius 2 is 1.83 bits per heavy atom. The lowest BCUT2D eigenvalue weighted by Crippen LogP contribution is -2.51. The van der Waals surface area contributed by atoms with E-state index in [9.17, 15) is 9.59 Å². The number of fused-ring (bicyclic) bond motifs is 1. The summed E-state index contributed by atoms with van der Waals surface area (Å²) < 4.78 is 5.73. The minimum atomic E-state index is 0.00628. The number of aromatic nitrogens is 1. The average molecular weight is 418 g/mol. The van der Waals surface area contributed by atoms with Crippen molar-refractivity contribution in [1.29, 1.82) is 0 Å². The van der Waals surface area contributed by atoms with Crippen LogP contribution in [0.25, 0.3) is 10.9 Å². The fourth-order valence-electron chi connectivity index (χ4n) is 4.57. The van der Waals surface area contributed by atoms with Gasteiger partial charge in [-0.3, -0.25) is 9.59 Å². The monoisotopic (exact) mass is 417 g/mol. The van der Waals surface area contributed by atoms with Crippen LogP contribution in [-0.4, -0.2) is 65.0 Å². The number of hydrogen-bond donors (Lipinski definition) is 1. The summed E-state index contributed by atoms with van der Waals surface area (Å²) >= 11 is 6.03. The first-order chi connectivity index (χ1) is 13.9. The Kier molecular flexibility index (Phi) is 5.83. The van der Waals surface area contributed by atoms with Gasteiger partial charge in [0.05, 0.1) is 18.6 Å². The molecule has 2 saturated heterocycles. The van der Waals surface area contributed by atoms with Crippen LogP contribution in [0.15, 0.2) is 24.4 Å². The van der Waals surface area contributed by atoms with E-state index in [0.717, 1.165) is 29.3 Å². The molecule has 7 heteroatoms. The number of halogens is 1. The second kappa shape index (κ2) is 8.36. The molecule has 156 valence electrons. The van der Waals surface area contributed by atoms with Crippen molar-refractivity contribution in [3.05, 3.63) is 35.0 Å². The molecule has 0 aliphatic carbocycles. The van der Waals surface area contributed by atoms with Gasteiger partial charge in [0.2, 0.25) is 11.8 Å². The molecule has 0 radical (unpaired) electrons. The van der Waals surface area contributed by atoms with Gasteiger partial charge in [-0.1, -0.05) is 17.7 Å². The molecular weight excluding hydrogens is 390 g/mol. The maximum atomic E-state index is 12.9. The molecule has 29 heavy (non-hydrogen) atoms. The van der Waals surface area contributed by atoms with Gasteiger partial charge >= 0.3 is 0 Å². The first-order valence-electron chi connectivity index (χ1n) is 10.4. The number of benzene rings is 1. The third kappa shape index (κ3) is 4.43. The fourth-order valence-corrected chi connectivity index (χ4v) is 4.74. The van der Waals surface area contributed by atoms with E-state index in [0.29, 0.717) is 37.6 Å². The molecule has 2 aliphatic rings. The van der Waals surface area contributed by atoms with Crippen LogP contribution in [0.2, 0.25) is 5.02 Å². The van der Waals surface area contributed by atoms with Crippen molar-refractivity contribution in [3.8, 4) is 0 Å². The molecule has 4 rings (SSSR count). The summed E-state index contributed by atoms with van der Waals surface area (Å²) in [4.78, 5) is 32.7. The van der Waals surface area contributed by atoms with Gasteiger partial charge < -0.3 is 19.5 Å². The lowest BCUT2D eigenvalue weighted by Gasteiger charge is -2.39. The minimum absolute atomic E-state index is 0.00628. The van der Waals surface area contributed by atoms with Crippen molar-refractivity contribution in [2.75, 3.05) is 26.2 Å². The predicted molar refractivity (Wildman–Crippen MR) is 113 cm³/mol. The summed E-state index contributed by atoms with van der Waals surface area (Å²) in [5.41, 5.74) is 1.93. The quantitative estimate of drug-likeness (QED) is 0.833. The largest absolute Gasteiger partial charge is 0.372 e. The number of likely N-dealkylation sites (tertiary alicyclic amines) is 1. The van der Waals surface area contributed by atoms with Crippen LogP contribution in [0, 0.1) is 5.92 Å². The normalized spacial score (nSPS) is 23.6. The van der Waals surface area contributed by atoms with Crippen LogP contribution in [0.5, 0.6) is 0 Å². The molecule has 1 aromatic heterocycles. The van der Waals surface area contributed by atoms with Crippen LogP contribution in [0.4, 0.5) is 0 Å². The third-order valence-corrected chi connectivity index (χ3v) is 6.23. The van der Waals surface area contributed by atoms with Crippen LogP contribution < -0.4 is 0 Å². The highest BCUT2D eigenvalue weighted by Crippen LogP contribution is 2.25. The van der Waals surface area contributed by atoms with Crippen LogP contribution in [0.1, 0.15) is 32.3 Å². The smallest absolute Gasteiger partial charge is 0.227 e. The molecule has 1 N–H and O–H groups in total. The lowest BCUT2D eigenvalue weighted by atomic mass is 9.94. The summed E-state index contributed by atoms with van der Waals surface area (Å²) in [5, 5.41) is 1.70. The second-order valence-corrected chi connectivity index (χ2v) is 8.77. The zero-order valence-corrected chi connectivity index (χ0v) is 17.7. The van der Waals surface area contributed by atoms with Gasteiger partial charge in [0, 0.05) is 54.2 Å². The van der Waals surface area contributed by atoms with Gasteiger partial charge in [-0.25, -0.2) is 0 Å². The number of carbonyl (C=O) groups is 2. The van der Waals surface area contributed by atoms with Gasteiger partial charge in [0.25, 0.3) is 0 Å². The van der Waals surface area contributed by atoms with E-state index in [1.807, 2.05) is 48.0 Å². The zero-order valence-electron chi connectivity index (χ0n) is 17.0. The number of aromatic amines is 1. The number of morpholine rings is 1. The molecule has 0 spiro atoms. The van der Waals surface area contributed by atoms with E-state index in [1.54, 1.807) is 0 Å². The molecule has 2 aliphatic heterocycles. The number of nitrogens with zero attached hydrogens (tertiary/aromatic N) is 2. The van der Waals surface area contributed by atoms with Gasteiger partial charge in [0.1, 0.15) is 0 Å². The molecule has 2 atom stereocenters. The molecule has 2 amide bonds. The SMILES string of the molecule is CC1CN(C(=O)C2CCN(C(=O)Cc3c[nH]c4cc(Cl)ccc34)CC2)CC(C)O1. The summed E-state index contributed by atoms with van der Waals surface area (Å²) in [6.07, 6.45) is 3.86. The minimum Gasteiger partial charge on any atom is -0.372 e. The van der Waals surface area contributed by atoms with Crippen molar-refractivity contribution in [2.45, 2.75) is 45.3 Å². The Morgan fingerprint density at radius 3 is 2.52 bits per heavy atom. The van der Waals surface area contributed by atoms with Gasteiger partial charge in [0.15, 0.2) is 0 Å². The number of nitrogens with one attached hydrogen (secondary N) is 1. The number of amides is 2. The predicted octanol–water partition coefficient (Wildman–Crippen LogP) is 3.24. The Labute approximate surface area is 176 Å². The van der Waals surface area contributed by atoms with Crippen molar-refractivity contribution < 1.29 is 14.3 Å². The lowest BCUT2D eigenvalue weighted by molar-refractivity contribution is -0.150. The molecule has 0 saturated carbocycles. The summed E-state index contributed by atoms with van der Waals surface area (Å²) in [6, 6.07) is 5.66. The van der Waals surface area contributed by atoms with Gasteiger partial charge in [-0.15, -0.1) is 0 Å². The Balaban J connectivity index is 1.33. The summed E-state index contributed by atoms with van der Waals surface area (Å²) in [5.74, 6) is 0.333. The summed E-state index contributed by atoms with van der Waals surface area (Å²) in [6.45, 7) is 6.61. The Morgan fingerprint density at radius 1 is 1.14 bits per heavy atom. The van der Waals surface area contributed by atoms with E-state index in [-0.39, 0.29) is 29.9 Å². The highest BCUT2D eigenvalue weighted by molar-refractivity contribution is 6.31. The average Bonchev–Trinajstić information content (AvgIpc) is 3.08. The maximum absolute atomic E-state index is 12.9. The number of hydrogen-bond acceptors (Lipinski definition) is 3. The van der Waals surface area contributed by atoms with E-state index in [1.165, 1.54) is 0 Å².